The molecule has 2 aromatic rings. The van der Waals surface area contributed by atoms with E-state index in [1.165, 1.54) is 14.6 Å². The fraction of sp³-hybridized carbons (Fsp3) is 0.429. The van der Waals surface area contributed by atoms with Crippen LogP contribution in [0.1, 0.15) is 42.3 Å². The number of thiophene rings is 2. The molecular formula is C14H19NS2. The zero-order valence-electron chi connectivity index (χ0n) is 10.8. The van der Waals surface area contributed by atoms with Crippen molar-refractivity contribution in [1.82, 2.24) is 0 Å². The van der Waals surface area contributed by atoms with Crippen LogP contribution in [0.4, 0.5) is 0 Å². The van der Waals surface area contributed by atoms with E-state index in [-0.39, 0.29) is 11.0 Å². The molecule has 0 aliphatic heterocycles. The van der Waals surface area contributed by atoms with Crippen molar-refractivity contribution in [2.24, 2.45) is 5.73 Å². The summed E-state index contributed by atoms with van der Waals surface area (Å²) in [5.41, 5.74) is 5.99. The molecule has 2 N–H and O–H groups in total. The van der Waals surface area contributed by atoms with Crippen LogP contribution in [0.15, 0.2) is 29.6 Å². The zero-order chi connectivity index (χ0) is 12.7. The van der Waals surface area contributed by atoms with Crippen molar-refractivity contribution in [2.45, 2.75) is 38.6 Å². The molecule has 0 fully saturated rings. The normalized spacial score (nSPS) is 13.0. The second-order valence-corrected chi connectivity index (χ2v) is 7.52. The molecule has 0 unspecified atom stereocenters. The van der Waals surface area contributed by atoms with E-state index in [9.17, 15) is 0 Å². The summed E-state index contributed by atoms with van der Waals surface area (Å²) in [5, 5.41) is 2.14. The molecule has 1 nitrogen and oxygen atoms in total. The highest BCUT2D eigenvalue weighted by atomic mass is 32.1. The second-order valence-electron chi connectivity index (χ2n) is 5.49. The van der Waals surface area contributed by atoms with Gasteiger partial charge < -0.3 is 5.73 Å². The van der Waals surface area contributed by atoms with Gasteiger partial charge in [-0.25, -0.2) is 0 Å². The average molecular weight is 265 g/mol. The molecule has 2 aromatic heterocycles. The summed E-state index contributed by atoms with van der Waals surface area (Å²) in [4.78, 5) is 4.03. The minimum Gasteiger partial charge on any atom is -0.321 e. The van der Waals surface area contributed by atoms with E-state index in [4.69, 9.17) is 5.73 Å². The third kappa shape index (κ3) is 2.46. The van der Waals surface area contributed by atoms with E-state index < -0.39 is 0 Å². The second kappa shape index (κ2) is 4.23. The van der Waals surface area contributed by atoms with Crippen LogP contribution in [0, 0.1) is 0 Å². The molecule has 0 aromatic carbocycles. The first-order valence-electron chi connectivity index (χ1n) is 5.75. The van der Waals surface area contributed by atoms with Gasteiger partial charge in [-0.05, 0) is 37.4 Å². The molecule has 0 atom stereocenters. The van der Waals surface area contributed by atoms with Crippen LogP contribution in [0.5, 0.6) is 0 Å². The summed E-state index contributed by atoms with van der Waals surface area (Å²) in [5.74, 6) is 0. The number of rotatable bonds is 3. The molecule has 2 rings (SSSR count). The van der Waals surface area contributed by atoms with Crippen LogP contribution in [-0.2, 0) is 11.0 Å². The molecule has 0 aliphatic rings. The highest BCUT2D eigenvalue weighted by Gasteiger charge is 2.27. The van der Waals surface area contributed by atoms with Gasteiger partial charge in [0, 0.05) is 25.6 Å². The van der Waals surface area contributed by atoms with Crippen LogP contribution >= 0.6 is 22.7 Å². The molecule has 0 aliphatic carbocycles. The van der Waals surface area contributed by atoms with E-state index in [0.29, 0.717) is 0 Å². The van der Waals surface area contributed by atoms with Crippen molar-refractivity contribution in [1.29, 1.82) is 0 Å². The number of nitrogens with two attached hydrogens (primary N) is 1. The summed E-state index contributed by atoms with van der Waals surface area (Å²) in [7, 11) is 0. The molecule has 0 amide bonds. The Morgan fingerprint density at radius 2 is 1.59 bits per heavy atom. The van der Waals surface area contributed by atoms with Crippen LogP contribution in [0.2, 0.25) is 0 Å². The SMILES string of the molecule is CC(C)(N)c1ccc(C(C)(C)c2cccs2)s1. The van der Waals surface area contributed by atoms with Crippen molar-refractivity contribution in [3.05, 3.63) is 44.3 Å². The Bertz CT molecular complexity index is 487. The molecule has 0 bridgehead atoms. The topological polar surface area (TPSA) is 26.0 Å². The highest BCUT2D eigenvalue weighted by Crippen LogP contribution is 2.39. The van der Waals surface area contributed by atoms with Gasteiger partial charge in [-0.1, -0.05) is 19.9 Å². The van der Waals surface area contributed by atoms with Crippen molar-refractivity contribution in [3.63, 3.8) is 0 Å². The standard InChI is InChI=1S/C14H19NS2/c1-13(2,10-6-5-9-16-10)11-7-8-12(17-11)14(3,4)15/h5-9H,15H2,1-4H3. The van der Waals surface area contributed by atoms with Gasteiger partial charge in [0.15, 0.2) is 0 Å². The predicted octanol–water partition coefficient (Wildman–Crippen LogP) is 4.33. The summed E-state index contributed by atoms with van der Waals surface area (Å²) >= 11 is 3.64. The number of hydrogen-bond acceptors (Lipinski definition) is 3. The molecule has 17 heavy (non-hydrogen) atoms. The monoisotopic (exact) mass is 265 g/mol. The molecule has 3 heteroatoms. The maximum Gasteiger partial charge on any atom is 0.0446 e. The van der Waals surface area contributed by atoms with Gasteiger partial charge in [0.05, 0.1) is 0 Å². The first-order valence-corrected chi connectivity index (χ1v) is 7.45. The highest BCUT2D eigenvalue weighted by molar-refractivity contribution is 7.13. The largest absolute Gasteiger partial charge is 0.321 e. The first-order chi connectivity index (χ1) is 7.82. The van der Waals surface area contributed by atoms with Crippen LogP contribution in [0.3, 0.4) is 0 Å². The summed E-state index contributed by atoms with van der Waals surface area (Å²) < 4.78 is 0. The molecule has 2 heterocycles. The lowest BCUT2D eigenvalue weighted by molar-refractivity contribution is 0.567. The Morgan fingerprint density at radius 3 is 2.06 bits per heavy atom. The Balaban J connectivity index is 2.38. The quantitative estimate of drug-likeness (QED) is 0.878. The minimum atomic E-state index is -0.242. The van der Waals surface area contributed by atoms with Crippen molar-refractivity contribution in [2.75, 3.05) is 0 Å². The van der Waals surface area contributed by atoms with Crippen LogP contribution < -0.4 is 5.73 Å². The zero-order valence-corrected chi connectivity index (χ0v) is 12.4. The number of hydrogen-bond donors (Lipinski definition) is 1. The maximum absolute atomic E-state index is 6.15. The van der Waals surface area contributed by atoms with E-state index in [1.54, 1.807) is 0 Å². The van der Waals surface area contributed by atoms with Gasteiger partial charge >= 0.3 is 0 Å². The van der Waals surface area contributed by atoms with Gasteiger partial charge in [0.1, 0.15) is 0 Å². The fourth-order valence-electron chi connectivity index (χ4n) is 1.78. The Kier molecular flexibility index (Phi) is 3.19. The Hall–Kier alpha value is -0.640. The average Bonchev–Trinajstić information content (AvgIpc) is 2.89. The van der Waals surface area contributed by atoms with Crippen molar-refractivity contribution >= 4 is 22.7 Å². The summed E-state index contributed by atoms with van der Waals surface area (Å²) in [6.45, 7) is 8.66. The van der Waals surface area contributed by atoms with Gasteiger partial charge in [0.25, 0.3) is 0 Å². The van der Waals surface area contributed by atoms with E-state index >= 15 is 0 Å². The predicted molar refractivity (Wildman–Crippen MR) is 78.0 cm³/mol. The Labute approximate surface area is 111 Å². The lowest BCUT2D eigenvalue weighted by Gasteiger charge is -2.22. The molecule has 0 spiro atoms. The molecule has 0 radical (unpaired) electrons. The molecular weight excluding hydrogens is 246 g/mol. The smallest absolute Gasteiger partial charge is 0.0446 e. The lowest BCUT2D eigenvalue weighted by atomic mass is 9.89. The third-order valence-electron chi connectivity index (χ3n) is 2.99. The summed E-state index contributed by atoms with van der Waals surface area (Å²) in [6, 6.07) is 8.70. The molecule has 92 valence electrons. The van der Waals surface area contributed by atoms with Gasteiger partial charge in [-0.2, -0.15) is 0 Å². The minimum absolute atomic E-state index is 0.0856. The fourth-order valence-corrected chi connectivity index (χ4v) is 3.84. The van der Waals surface area contributed by atoms with Gasteiger partial charge in [-0.15, -0.1) is 22.7 Å². The van der Waals surface area contributed by atoms with Crippen molar-refractivity contribution < 1.29 is 0 Å². The van der Waals surface area contributed by atoms with E-state index in [1.807, 2.05) is 22.7 Å². The van der Waals surface area contributed by atoms with Crippen molar-refractivity contribution in [3.8, 4) is 0 Å². The Morgan fingerprint density at radius 1 is 0.941 bits per heavy atom. The summed E-state index contributed by atoms with van der Waals surface area (Å²) in [6.07, 6.45) is 0. The van der Waals surface area contributed by atoms with Crippen LogP contribution in [-0.4, -0.2) is 0 Å². The van der Waals surface area contributed by atoms with E-state index in [2.05, 4.69) is 57.3 Å². The van der Waals surface area contributed by atoms with Gasteiger partial charge in [-0.3, -0.25) is 0 Å². The van der Waals surface area contributed by atoms with E-state index in [0.717, 1.165) is 0 Å². The lowest BCUT2D eigenvalue weighted by Crippen LogP contribution is -2.27. The molecule has 0 saturated carbocycles. The first kappa shape index (κ1) is 12.8. The van der Waals surface area contributed by atoms with Crippen LogP contribution in [0.25, 0.3) is 0 Å². The van der Waals surface area contributed by atoms with Gasteiger partial charge in [0.2, 0.25) is 0 Å². The maximum atomic E-state index is 6.15. The third-order valence-corrected chi connectivity index (χ3v) is 5.94. The molecule has 0 saturated heterocycles.